The Bertz CT molecular complexity index is 1700. The van der Waals surface area contributed by atoms with Crippen LogP contribution in [0.1, 0.15) is 61.3 Å². The number of nitrogens with zero attached hydrogens (tertiary/aromatic N) is 5. The van der Waals surface area contributed by atoms with Crippen LogP contribution >= 0.6 is 0 Å². The Labute approximate surface area is 258 Å². The Morgan fingerprint density at radius 1 is 0.978 bits per heavy atom. The van der Waals surface area contributed by atoms with Crippen molar-refractivity contribution in [1.29, 1.82) is 0 Å². The monoisotopic (exact) mass is 618 g/mol. The number of alkyl halides is 3. The lowest BCUT2D eigenvalue weighted by Gasteiger charge is -2.39. The highest BCUT2D eigenvalue weighted by molar-refractivity contribution is 5.94. The maximum atomic E-state index is 13.6. The number of likely N-dealkylation sites (tertiary alicyclic amines) is 1. The highest BCUT2D eigenvalue weighted by atomic mass is 19.4. The SMILES string of the molecule is Cc1ccc(NC(=O)[C@@H]2CCCN(C(=O)O)[C@H]2c2ccc(N(c3ncnc4cccnc34)C3CCCC3)cc2)cc1C(F)(F)F. The van der Waals surface area contributed by atoms with E-state index in [1.165, 1.54) is 30.3 Å². The van der Waals surface area contributed by atoms with Gasteiger partial charge in [0.05, 0.1) is 23.0 Å². The van der Waals surface area contributed by atoms with Gasteiger partial charge in [-0.15, -0.1) is 0 Å². The van der Waals surface area contributed by atoms with Crippen LogP contribution in [0.3, 0.4) is 0 Å². The molecule has 1 aliphatic carbocycles. The number of amides is 2. The average Bonchev–Trinajstić information content (AvgIpc) is 3.56. The van der Waals surface area contributed by atoms with Crippen molar-refractivity contribution in [2.45, 2.75) is 63.7 Å². The number of carbonyl (C=O) groups excluding carboxylic acids is 1. The number of carbonyl (C=O) groups is 2. The van der Waals surface area contributed by atoms with Crippen LogP contribution in [0.25, 0.3) is 11.0 Å². The number of piperidine rings is 1. The lowest BCUT2D eigenvalue weighted by Crippen LogP contribution is -2.46. The molecule has 234 valence electrons. The van der Waals surface area contributed by atoms with Crippen LogP contribution in [0.5, 0.6) is 0 Å². The Morgan fingerprint density at radius 3 is 2.44 bits per heavy atom. The van der Waals surface area contributed by atoms with E-state index in [-0.39, 0.29) is 23.8 Å². The zero-order valence-corrected chi connectivity index (χ0v) is 24.7. The molecule has 6 rings (SSSR count). The third kappa shape index (κ3) is 6.13. The molecule has 2 aromatic carbocycles. The molecule has 2 atom stereocenters. The van der Waals surface area contributed by atoms with E-state index in [1.54, 1.807) is 6.20 Å². The molecular formula is C33H33F3N6O3. The normalized spacial score (nSPS) is 19.1. The van der Waals surface area contributed by atoms with Crippen LogP contribution in [0, 0.1) is 12.8 Å². The van der Waals surface area contributed by atoms with Crippen molar-refractivity contribution in [2.24, 2.45) is 5.92 Å². The Kier molecular flexibility index (Phi) is 8.30. The quantitative estimate of drug-likeness (QED) is 0.230. The van der Waals surface area contributed by atoms with Gasteiger partial charge in [-0.25, -0.2) is 14.8 Å². The Balaban J connectivity index is 1.33. The first-order chi connectivity index (χ1) is 21.6. The van der Waals surface area contributed by atoms with Crippen molar-refractivity contribution in [3.8, 4) is 0 Å². The zero-order chi connectivity index (χ0) is 31.7. The van der Waals surface area contributed by atoms with Crippen LogP contribution in [0.4, 0.5) is 35.2 Å². The summed E-state index contributed by atoms with van der Waals surface area (Å²) >= 11 is 0. The van der Waals surface area contributed by atoms with E-state index in [1.807, 2.05) is 36.4 Å². The number of aromatic nitrogens is 3. The van der Waals surface area contributed by atoms with E-state index in [0.717, 1.165) is 43.0 Å². The summed E-state index contributed by atoms with van der Waals surface area (Å²) in [5, 5.41) is 12.7. The highest BCUT2D eigenvalue weighted by Gasteiger charge is 2.40. The predicted octanol–water partition coefficient (Wildman–Crippen LogP) is 7.50. The summed E-state index contributed by atoms with van der Waals surface area (Å²) < 4.78 is 40.6. The molecule has 1 saturated heterocycles. The first kappa shape index (κ1) is 30.3. The second-order valence-electron chi connectivity index (χ2n) is 11.7. The second kappa shape index (κ2) is 12.3. The molecule has 4 aromatic rings. The molecule has 2 aromatic heterocycles. The third-order valence-electron chi connectivity index (χ3n) is 8.83. The number of rotatable bonds is 6. The first-order valence-corrected chi connectivity index (χ1v) is 15.0. The van der Waals surface area contributed by atoms with Crippen molar-refractivity contribution in [3.63, 3.8) is 0 Å². The van der Waals surface area contributed by atoms with Gasteiger partial charge >= 0.3 is 12.3 Å². The molecule has 12 heteroatoms. The molecule has 0 spiro atoms. The van der Waals surface area contributed by atoms with Crippen LogP contribution in [-0.2, 0) is 11.0 Å². The van der Waals surface area contributed by atoms with Crippen LogP contribution < -0.4 is 10.2 Å². The minimum atomic E-state index is -4.57. The molecular weight excluding hydrogens is 585 g/mol. The Hall–Kier alpha value is -4.74. The summed E-state index contributed by atoms with van der Waals surface area (Å²) in [6.45, 7) is 1.60. The molecule has 2 fully saturated rings. The fourth-order valence-corrected chi connectivity index (χ4v) is 6.69. The highest BCUT2D eigenvalue weighted by Crippen LogP contribution is 2.41. The fraction of sp³-hybridized carbons (Fsp3) is 0.364. The number of anilines is 3. The molecule has 1 saturated carbocycles. The summed E-state index contributed by atoms with van der Waals surface area (Å²) in [5.74, 6) is -0.644. The van der Waals surface area contributed by atoms with Crippen molar-refractivity contribution in [3.05, 3.63) is 83.8 Å². The van der Waals surface area contributed by atoms with Crippen LogP contribution in [0.15, 0.2) is 67.1 Å². The van der Waals surface area contributed by atoms with Gasteiger partial charge in [-0.2, -0.15) is 13.2 Å². The summed E-state index contributed by atoms with van der Waals surface area (Å²) in [4.78, 5) is 42.9. The lowest BCUT2D eigenvalue weighted by atomic mass is 9.84. The van der Waals surface area contributed by atoms with Gasteiger partial charge in [0.2, 0.25) is 5.91 Å². The Morgan fingerprint density at radius 2 is 1.73 bits per heavy atom. The van der Waals surface area contributed by atoms with Crippen LogP contribution in [0.2, 0.25) is 0 Å². The molecule has 1 aliphatic heterocycles. The minimum absolute atomic E-state index is 0.0114. The van der Waals surface area contributed by atoms with Crippen molar-refractivity contribution in [1.82, 2.24) is 19.9 Å². The third-order valence-corrected chi connectivity index (χ3v) is 8.83. The van der Waals surface area contributed by atoms with Gasteiger partial charge in [0, 0.05) is 30.2 Å². The first-order valence-electron chi connectivity index (χ1n) is 15.0. The molecule has 45 heavy (non-hydrogen) atoms. The number of nitrogens with one attached hydrogen (secondary N) is 1. The topological polar surface area (TPSA) is 112 Å². The van der Waals surface area contributed by atoms with E-state index in [2.05, 4.69) is 25.2 Å². The smallest absolute Gasteiger partial charge is 0.416 e. The summed E-state index contributed by atoms with van der Waals surface area (Å²) in [7, 11) is 0. The van der Waals surface area contributed by atoms with Crippen molar-refractivity contribution >= 4 is 40.2 Å². The second-order valence-corrected chi connectivity index (χ2v) is 11.7. The number of carboxylic acid groups (broad SMARTS) is 1. The number of halogens is 3. The van der Waals surface area contributed by atoms with Gasteiger partial charge < -0.3 is 20.2 Å². The standard InChI is InChI=1S/C33H33F3N6O3/c1-20-10-13-22(18-26(20)33(34,35)36)40-31(43)25-8-5-17-41(32(44)45)29(25)21-11-14-24(15-12-21)42(23-6-2-3-7-23)30-28-27(38-19-39-30)9-4-16-37-28/h4,9-16,18-19,23,25,29H,2-3,5-8,17H2,1H3,(H,40,43)(H,44,45)/t25-,29+/m1/s1. The number of fused-ring (bicyclic) bond motifs is 1. The number of benzene rings is 2. The van der Waals surface area contributed by atoms with E-state index >= 15 is 0 Å². The molecule has 0 radical (unpaired) electrons. The molecule has 2 amide bonds. The van der Waals surface area contributed by atoms with Crippen LogP contribution in [-0.4, -0.2) is 49.5 Å². The molecule has 9 nitrogen and oxygen atoms in total. The molecule has 0 bridgehead atoms. The minimum Gasteiger partial charge on any atom is -0.465 e. The van der Waals surface area contributed by atoms with Gasteiger partial charge in [0.15, 0.2) is 5.82 Å². The fourth-order valence-electron chi connectivity index (χ4n) is 6.69. The molecule has 2 N–H and O–H groups in total. The van der Waals surface area contributed by atoms with Gasteiger partial charge in [-0.1, -0.05) is 31.0 Å². The maximum absolute atomic E-state index is 13.6. The zero-order valence-electron chi connectivity index (χ0n) is 24.7. The predicted molar refractivity (Wildman–Crippen MR) is 163 cm³/mol. The lowest BCUT2D eigenvalue weighted by molar-refractivity contribution is -0.138. The summed E-state index contributed by atoms with van der Waals surface area (Å²) in [6, 6.07) is 14.2. The average molecular weight is 619 g/mol. The van der Waals surface area contributed by atoms with Gasteiger partial charge in [0.25, 0.3) is 0 Å². The summed E-state index contributed by atoms with van der Waals surface area (Å²) in [5.41, 5.74) is 2.12. The van der Waals surface area contributed by atoms with E-state index in [9.17, 15) is 27.9 Å². The number of hydrogen-bond acceptors (Lipinski definition) is 6. The molecule has 2 aliphatic rings. The van der Waals surface area contributed by atoms with Crippen molar-refractivity contribution in [2.75, 3.05) is 16.8 Å². The van der Waals surface area contributed by atoms with E-state index in [4.69, 9.17) is 0 Å². The van der Waals surface area contributed by atoms with E-state index in [0.29, 0.717) is 29.7 Å². The van der Waals surface area contributed by atoms with E-state index < -0.39 is 35.7 Å². The van der Waals surface area contributed by atoms with Gasteiger partial charge in [-0.3, -0.25) is 9.78 Å². The molecule has 3 heterocycles. The number of pyridine rings is 1. The van der Waals surface area contributed by atoms with Gasteiger partial charge in [0.1, 0.15) is 11.8 Å². The van der Waals surface area contributed by atoms with Gasteiger partial charge in [-0.05, 0) is 80.1 Å². The largest absolute Gasteiger partial charge is 0.465 e. The molecule has 0 unspecified atom stereocenters. The number of aryl methyl sites for hydroxylation is 1. The summed E-state index contributed by atoms with van der Waals surface area (Å²) in [6.07, 6.45) is 2.47. The van der Waals surface area contributed by atoms with Crippen molar-refractivity contribution < 1.29 is 27.9 Å². The maximum Gasteiger partial charge on any atom is 0.416 e. The number of hydrogen-bond donors (Lipinski definition) is 2.